The highest BCUT2D eigenvalue weighted by Gasteiger charge is 2.26. The quantitative estimate of drug-likeness (QED) is 0.847. The minimum Gasteiger partial charge on any atom is -0.294 e. The van der Waals surface area contributed by atoms with Gasteiger partial charge in [-0.05, 0) is 47.8 Å². The van der Waals surface area contributed by atoms with E-state index in [0.29, 0.717) is 12.6 Å². The van der Waals surface area contributed by atoms with Crippen LogP contribution in [0.5, 0.6) is 0 Å². The molecule has 2 aliphatic rings. The molecule has 0 bridgehead atoms. The first-order valence-corrected chi connectivity index (χ1v) is 10.1. The van der Waals surface area contributed by atoms with E-state index in [-0.39, 0.29) is 5.56 Å². The van der Waals surface area contributed by atoms with Crippen LogP contribution in [0.2, 0.25) is 0 Å². The van der Waals surface area contributed by atoms with Crippen molar-refractivity contribution in [3.8, 4) is 0 Å². The molecule has 0 aromatic carbocycles. The van der Waals surface area contributed by atoms with E-state index in [1.54, 1.807) is 10.7 Å². The smallest absolute Gasteiger partial charge is 0.267 e. The molecular weight excluding hydrogens is 328 g/mol. The Morgan fingerprint density at radius 2 is 2.35 bits per heavy atom. The monoisotopic (exact) mass is 348 g/mol. The first-order valence-electron chi connectivity index (χ1n) is 8.09. The van der Waals surface area contributed by atoms with Gasteiger partial charge in [-0.25, -0.2) is 9.06 Å². The third-order valence-corrected chi connectivity index (χ3v) is 6.30. The van der Waals surface area contributed by atoms with Gasteiger partial charge in [-0.1, -0.05) is 0 Å². The van der Waals surface area contributed by atoms with Gasteiger partial charge in [0.15, 0.2) is 0 Å². The number of hydrogen-bond donors (Lipinski definition) is 0. The molecule has 4 rings (SSSR count). The van der Waals surface area contributed by atoms with Crippen LogP contribution in [0.1, 0.15) is 29.7 Å². The van der Waals surface area contributed by atoms with Crippen LogP contribution in [-0.4, -0.2) is 37.4 Å². The van der Waals surface area contributed by atoms with E-state index in [1.807, 2.05) is 18.0 Å². The lowest BCUT2D eigenvalue weighted by Crippen LogP contribution is -2.37. The van der Waals surface area contributed by atoms with Crippen LogP contribution in [0, 0.1) is 0 Å². The number of aromatic nitrogens is 3. The van der Waals surface area contributed by atoms with Crippen molar-refractivity contribution in [2.75, 3.05) is 12.3 Å². The number of likely N-dealkylation sites (tertiary alicyclic amines) is 1. The Labute approximate surface area is 143 Å². The van der Waals surface area contributed by atoms with Gasteiger partial charge in [0.25, 0.3) is 5.56 Å². The maximum atomic E-state index is 12.4. The predicted molar refractivity (Wildman–Crippen MR) is 93.9 cm³/mol. The van der Waals surface area contributed by atoms with Crippen molar-refractivity contribution in [3.63, 3.8) is 0 Å². The fourth-order valence-corrected chi connectivity index (χ4v) is 4.91. The second-order valence-corrected chi connectivity index (χ2v) is 8.00. The summed E-state index contributed by atoms with van der Waals surface area (Å²) in [6, 6.07) is 2.20. The molecule has 2 aromatic heterocycles. The molecule has 1 fully saturated rings. The highest BCUT2D eigenvalue weighted by atomic mass is 32.2. The summed E-state index contributed by atoms with van der Waals surface area (Å²) in [6.07, 6.45) is 5.26. The Hall–Kier alpha value is -1.18. The number of thioether (sulfide) groups is 1. The summed E-state index contributed by atoms with van der Waals surface area (Å²) in [7, 11) is 0. The Balaban J connectivity index is 1.51. The molecule has 0 spiro atoms. The molecule has 7 heteroatoms. The van der Waals surface area contributed by atoms with Gasteiger partial charge in [0.05, 0.1) is 12.2 Å². The zero-order valence-corrected chi connectivity index (χ0v) is 14.6. The largest absolute Gasteiger partial charge is 0.294 e. The van der Waals surface area contributed by atoms with Gasteiger partial charge in [-0.3, -0.25) is 9.69 Å². The summed E-state index contributed by atoms with van der Waals surface area (Å²) >= 11 is 3.39. The standard InChI is InChI=1S/C16H20N4OS2/c21-16-6-13-11-22-5-3-15(13)18-20(16)9-14-2-1-4-19(14)8-12-7-17-23-10-12/h6-7,10,14H,1-5,8-9,11H2. The van der Waals surface area contributed by atoms with E-state index in [9.17, 15) is 4.79 Å². The number of hydrogen-bond acceptors (Lipinski definition) is 6. The van der Waals surface area contributed by atoms with Crippen LogP contribution in [0.25, 0.3) is 0 Å². The molecule has 1 atom stereocenters. The summed E-state index contributed by atoms with van der Waals surface area (Å²) < 4.78 is 5.88. The van der Waals surface area contributed by atoms with Gasteiger partial charge in [0.1, 0.15) is 0 Å². The van der Waals surface area contributed by atoms with Crippen molar-refractivity contribution >= 4 is 23.3 Å². The van der Waals surface area contributed by atoms with E-state index < -0.39 is 0 Å². The second kappa shape index (κ2) is 6.75. The predicted octanol–water partition coefficient (Wildman–Crippen LogP) is 2.15. The van der Waals surface area contributed by atoms with Gasteiger partial charge in [0, 0.05) is 42.4 Å². The Kier molecular flexibility index (Phi) is 4.50. The van der Waals surface area contributed by atoms with E-state index in [0.717, 1.165) is 48.7 Å². The SMILES string of the molecule is O=c1cc2c(nn1CC1CCCN1Cc1cnsc1)CCSC2. The topological polar surface area (TPSA) is 51.0 Å². The van der Waals surface area contributed by atoms with Crippen LogP contribution in [0.15, 0.2) is 22.4 Å². The Bertz CT molecular complexity index is 728. The number of nitrogens with zero attached hydrogens (tertiary/aromatic N) is 4. The molecule has 0 radical (unpaired) electrons. The molecule has 1 saturated heterocycles. The molecule has 0 amide bonds. The summed E-state index contributed by atoms with van der Waals surface area (Å²) in [6.45, 7) is 2.73. The van der Waals surface area contributed by atoms with Gasteiger partial charge in [-0.2, -0.15) is 16.9 Å². The molecule has 0 saturated carbocycles. The fourth-order valence-electron chi connectivity index (χ4n) is 3.43. The number of aryl methyl sites for hydroxylation is 1. The lowest BCUT2D eigenvalue weighted by molar-refractivity contribution is 0.216. The summed E-state index contributed by atoms with van der Waals surface area (Å²) in [5.74, 6) is 2.04. The van der Waals surface area contributed by atoms with E-state index in [2.05, 4.69) is 19.8 Å². The Morgan fingerprint density at radius 1 is 1.39 bits per heavy atom. The summed E-state index contributed by atoms with van der Waals surface area (Å²) in [5.41, 5.74) is 3.57. The molecule has 2 aromatic rings. The summed E-state index contributed by atoms with van der Waals surface area (Å²) in [5, 5.41) is 6.77. The van der Waals surface area contributed by atoms with E-state index in [1.165, 1.54) is 23.5 Å². The van der Waals surface area contributed by atoms with Crippen LogP contribution >= 0.6 is 23.3 Å². The van der Waals surface area contributed by atoms with Crippen LogP contribution < -0.4 is 5.56 Å². The van der Waals surface area contributed by atoms with Crippen LogP contribution in [0.4, 0.5) is 0 Å². The summed E-state index contributed by atoms with van der Waals surface area (Å²) in [4.78, 5) is 14.8. The minimum atomic E-state index is 0.0512. The van der Waals surface area contributed by atoms with Gasteiger partial charge in [-0.15, -0.1) is 0 Å². The van der Waals surface area contributed by atoms with E-state index in [4.69, 9.17) is 0 Å². The molecule has 23 heavy (non-hydrogen) atoms. The molecular formula is C16H20N4OS2. The lowest BCUT2D eigenvalue weighted by Gasteiger charge is -2.25. The van der Waals surface area contributed by atoms with Gasteiger partial charge < -0.3 is 0 Å². The third-order valence-electron chi connectivity index (χ3n) is 4.66. The maximum Gasteiger partial charge on any atom is 0.267 e. The average molecular weight is 348 g/mol. The normalized spacial score (nSPS) is 21.5. The molecule has 4 heterocycles. The van der Waals surface area contributed by atoms with Crippen molar-refractivity contribution in [2.24, 2.45) is 0 Å². The molecule has 1 unspecified atom stereocenters. The van der Waals surface area contributed by atoms with Crippen molar-refractivity contribution in [2.45, 2.75) is 44.1 Å². The van der Waals surface area contributed by atoms with Gasteiger partial charge in [0.2, 0.25) is 0 Å². The highest BCUT2D eigenvalue weighted by Crippen LogP contribution is 2.23. The highest BCUT2D eigenvalue weighted by molar-refractivity contribution is 7.98. The number of rotatable bonds is 4. The average Bonchev–Trinajstić information content (AvgIpc) is 3.21. The molecule has 2 aliphatic heterocycles. The maximum absolute atomic E-state index is 12.4. The van der Waals surface area contributed by atoms with Crippen molar-refractivity contribution < 1.29 is 0 Å². The Morgan fingerprint density at radius 3 is 3.22 bits per heavy atom. The molecule has 0 N–H and O–H groups in total. The van der Waals surface area contributed by atoms with Crippen molar-refractivity contribution in [1.29, 1.82) is 0 Å². The first kappa shape index (κ1) is 15.4. The molecule has 122 valence electrons. The molecule has 5 nitrogen and oxygen atoms in total. The van der Waals surface area contributed by atoms with E-state index >= 15 is 0 Å². The fraction of sp³-hybridized carbons (Fsp3) is 0.562. The number of fused-ring (bicyclic) bond motifs is 1. The van der Waals surface area contributed by atoms with Crippen LogP contribution in [-0.2, 0) is 25.3 Å². The third kappa shape index (κ3) is 3.36. The van der Waals surface area contributed by atoms with Crippen molar-refractivity contribution in [3.05, 3.63) is 44.8 Å². The zero-order valence-electron chi connectivity index (χ0n) is 13.0. The minimum absolute atomic E-state index is 0.0512. The zero-order chi connectivity index (χ0) is 15.6. The lowest BCUT2D eigenvalue weighted by atomic mass is 10.2. The van der Waals surface area contributed by atoms with Gasteiger partial charge >= 0.3 is 0 Å². The van der Waals surface area contributed by atoms with Crippen molar-refractivity contribution in [1.82, 2.24) is 19.1 Å². The second-order valence-electron chi connectivity index (χ2n) is 6.24. The van der Waals surface area contributed by atoms with Crippen LogP contribution in [0.3, 0.4) is 0 Å². The molecule has 0 aliphatic carbocycles. The first-order chi connectivity index (χ1) is 11.3.